The first kappa shape index (κ1) is 16.2. The smallest absolute Gasteiger partial charge is 0.266 e. The highest BCUT2D eigenvalue weighted by Crippen LogP contribution is 2.36. The minimum absolute atomic E-state index is 0.163. The Labute approximate surface area is 142 Å². The van der Waals surface area contributed by atoms with Gasteiger partial charge < -0.3 is 9.47 Å². The molecule has 0 unspecified atom stereocenters. The maximum Gasteiger partial charge on any atom is 0.266 e. The van der Waals surface area contributed by atoms with Crippen LogP contribution in [0.5, 0.6) is 11.5 Å². The average Bonchev–Trinajstić information content (AvgIpc) is 3.02. The van der Waals surface area contributed by atoms with Crippen molar-refractivity contribution < 1.29 is 27.2 Å². The number of nitrogens with zero attached hydrogens (tertiary/aromatic N) is 1. The number of hydrogen-bond donors (Lipinski definition) is 1. The van der Waals surface area contributed by atoms with Crippen LogP contribution in [-0.2, 0) is 14.9 Å². The van der Waals surface area contributed by atoms with Gasteiger partial charge in [0.15, 0.2) is 11.5 Å². The Balaban J connectivity index is 1.78. The number of ether oxygens (including phenoxy) is 2. The predicted molar refractivity (Wildman–Crippen MR) is 88.9 cm³/mol. The molecule has 2 aliphatic rings. The second-order valence-corrected chi connectivity index (χ2v) is 7.98. The molecule has 2 aliphatic heterocycles. The number of amides is 1. The van der Waals surface area contributed by atoms with Crippen LogP contribution in [0.2, 0.25) is 0 Å². The number of carbonyl (C=O) groups is 1. The normalized spacial score (nSPS) is 19.0. The summed E-state index contributed by atoms with van der Waals surface area (Å²) in [5.74, 6) is 0.293. The molecule has 2 heterocycles. The zero-order valence-electron chi connectivity index (χ0n) is 11.6. The SMILES string of the molecule is O=C1C(=Cc2ccc3c(c2)OCO3)SC(=S)N1CCS(=O)(=O)O. The predicted octanol–water partition coefficient (Wildman–Crippen LogP) is 1.50. The minimum atomic E-state index is -4.15. The van der Waals surface area contributed by atoms with E-state index in [9.17, 15) is 13.2 Å². The zero-order chi connectivity index (χ0) is 16.6. The molecule has 0 bridgehead atoms. The van der Waals surface area contributed by atoms with E-state index in [0.717, 1.165) is 22.2 Å². The van der Waals surface area contributed by atoms with Crippen molar-refractivity contribution in [2.24, 2.45) is 0 Å². The molecule has 0 aliphatic carbocycles. The van der Waals surface area contributed by atoms with Gasteiger partial charge in [-0.2, -0.15) is 8.42 Å². The van der Waals surface area contributed by atoms with Crippen LogP contribution in [-0.4, -0.2) is 47.2 Å². The third-order valence-corrected chi connectivity index (χ3v) is 5.22. The van der Waals surface area contributed by atoms with Crippen molar-refractivity contribution in [2.45, 2.75) is 0 Å². The highest BCUT2D eigenvalue weighted by molar-refractivity contribution is 8.26. The molecule has 23 heavy (non-hydrogen) atoms. The van der Waals surface area contributed by atoms with Crippen molar-refractivity contribution in [2.75, 3.05) is 19.1 Å². The molecule has 0 spiro atoms. The van der Waals surface area contributed by atoms with Crippen LogP contribution >= 0.6 is 24.0 Å². The Morgan fingerprint density at radius 3 is 2.83 bits per heavy atom. The lowest BCUT2D eigenvalue weighted by Crippen LogP contribution is -2.32. The molecule has 1 aromatic rings. The molecular formula is C13H11NO6S3. The van der Waals surface area contributed by atoms with E-state index in [1.165, 1.54) is 0 Å². The van der Waals surface area contributed by atoms with E-state index in [-0.39, 0.29) is 23.6 Å². The first-order valence-corrected chi connectivity index (χ1v) is 9.27. The molecule has 1 amide bonds. The van der Waals surface area contributed by atoms with Gasteiger partial charge in [0, 0.05) is 6.54 Å². The quantitative estimate of drug-likeness (QED) is 0.482. The zero-order valence-corrected chi connectivity index (χ0v) is 14.0. The lowest BCUT2D eigenvalue weighted by Gasteiger charge is -2.12. The van der Waals surface area contributed by atoms with E-state index in [1.54, 1.807) is 24.3 Å². The number of hydrogen-bond acceptors (Lipinski definition) is 7. The van der Waals surface area contributed by atoms with Crippen LogP contribution in [0.25, 0.3) is 6.08 Å². The molecule has 0 saturated carbocycles. The van der Waals surface area contributed by atoms with Gasteiger partial charge in [0.1, 0.15) is 4.32 Å². The summed E-state index contributed by atoms with van der Waals surface area (Å²) in [6.45, 7) is -0.0154. The third-order valence-electron chi connectivity index (χ3n) is 3.14. The molecular weight excluding hydrogens is 362 g/mol. The van der Waals surface area contributed by atoms with Crippen LogP contribution in [0, 0.1) is 0 Å². The summed E-state index contributed by atoms with van der Waals surface area (Å²) in [5, 5.41) is 0. The van der Waals surface area contributed by atoms with E-state index in [4.69, 9.17) is 26.2 Å². The summed E-state index contributed by atoms with van der Waals surface area (Å²) in [6.07, 6.45) is 1.65. The second-order valence-electron chi connectivity index (χ2n) is 4.73. The fraction of sp³-hybridized carbons (Fsp3) is 0.231. The monoisotopic (exact) mass is 373 g/mol. The fourth-order valence-electron chi connectivity index (χ4n) is 2.05. The molecule has 0 radical (unpaired) electrons. The van der Waals surface area contributed by atoms with Crippen molar-refractivity contribution in [3.63, 3.8) is 0 Å². The number of benzene rings is 1. The lowest BCUT2D eigenvalue weighted by molar-refractivity contribution is -0.121. The van der Waals surface area contributed by atoms with Gasteiger partial charge in [-0.1, -0.05) is 30.0 Å². The molecule has 0 aromatic heterocycles. The summed E-state index contributed by atoms with van der Waals surface area (Å²) in [6, 6.07) is 5.26. The summed E-state index contributed by atoms with van der Waals surface area (Å²) in [4.78, 5) is 13.8. The van der Waals surface area contributed by atoms with E-state index in [1.807, 2.05) is 0 Å². The van der Waals surface area contributed by atoms with Crippen LogP contribution in [0.3, 0.4) is 0 Å². The minimum Gasteiger partial charge on any atom is -0.454 e. The Morgan fingerprint density at radius 1 is 1.35 bits per heavy atom. The van der Waals surface area contributed by atoms with Gasteiger partial charge in [0.2, 0.25) is 6.79 Å². The number of rotatable bonds is 4. The van der Waals surface area contributed by atoms with Crippen molar-refractivity contribution in [1.82, 2.24) is 4.90 Å². The molecule has 7 nitrogen and oxygen atoms in total. The van der Waals surface area contributed by atoms with Crippen molar-refractivity contribution in [1.29, 1.82) is 0 Å². The maximum atomic E-state index is 12.3. The van der Waals surface area contributed by atoms with Crippen LogP contribution in [0.1, 0.15) is 5.56 Å². The maximum absolute atomic E-state index is 12.3. The van der Waals surface area contributed by atoms with Gasteiger partial charge in [0.25, 0.3) is 16.0 Å². The summed E-state index contributed by atoms with van der Waals surface area (Å²) >= 11 is 6.17. The molecule has 1 saturated heterocycles. The van der Waals surface area contributed by atoms with Gasteiger partial charge in [-0.05, 0) is 23.8 Å². The summed E-state index contributed by atoms with van der Waals surface area (Å²) in [7, 11) is -4.15. The standard InChI is InChI=1S/C13H11NO6S3/c15-12-11(22-13(21)14(12)3-4-23(16,17)18)6-8-1-2-9-10(5-8)20-7-19-9/h1-2,5-6H,3-4,7H2,(H,16,17,18). The molecule has 1 N–H and O–H groups in total. The topological polar surface area (TPSA) is 93.1 Å². The first-order chi connectivity index (χ1) is 10.8. The number of thiocarbonyl (C=S) groups is 1. The fourth-order valence-corrected chi connectivity index (χ4v) is 3.78. The highest BCUT2D eigenvalue weighted by Gasteiger charge is 2.32. The van der Waals surface area contributed by atoms with E-state index < -0.39 is 15.9 Å². The molecule has 122 valence electrons. The molecule has 0 atom stereocenters. The van der Waals surface area contributed by atoms with E-state index in [2.05, 4.69) is 0 Å². The number of thioether (sulfide) groups is 1. The highest BCUT2D eigenvalue weighted by atomic mass is 32.2. The van der Waals surface area contributed by atoms with E-state index in [0.29, 0.717) is 16.4 Å². The number of carbonyl (C=O) groups excluding carboxylic acids is 1. The van der Waals surface area contributed by atoms with Gasteiger partial charge in [-0.3, -0.25) is 14.2 Å². The Kier molecular flexibility index (Phi) is 4.32. The third kappa shape index (κ3) is 3.66. The Hall–Kier alpha value is -1.62. The van der Waals surface area contributed by atoms with Crippen molar-refractivity contribution in [3.05, 3.63) is 28.7 Å². The summed E-state index contributed by atoms with van der Waals surface area (Å²) in [5.41, 5.74) is 0.740. The lowest BCUT2D eigenvalue weighted by atomic mass is 10.2. The number of fused-ring (bicyclic) bond motifs is 1. The van der Waals surface area contributed by atoms with Gasteiger partial charge in [0.05, 0.1) is 10.7 Å². The van der Waals surface area contributed by atoms with E-state index >= 15 is 0 Å². The average molecular weight is 373 g/mol. The van der Waals surface area contributed by atoms with Crippen LogP contribution < -0.4 is 9.47 Å². The van der Waals surface area contributed by atoms with Gasteiger partial charge in [-0.15, -0.1) is 0 Å². The Morgan fingerprint density at radius 2 is 2.09 bits per heavy atom. The van der Waals surface area contributed by atoms with Gasteiger partial charge >= 0.3 is 0 Å². The molecule has 1 aromatic carbocycles. The molecule has 10 heteroatoms. The first-order valence-electron chi connectivity index (χ1n) is 6.44. The summed E-state index contributed by atoms with van der Waals surface area (Å²) < 4.78 is 41.2. The molecule has 1 fully saturated rings. The van der Waals surface area contributed by atoms with Crippen LogP contribution in [0.15, 0.2) is 23.1 Å². The molecule has 3 rings (SSSR count). The largest absolute Gasteiger partial charge is 0.454 e. The Bertz CT molecular complexity index is 817. The second kappa shape index (κ2) is 6.11. The van der Waals surface area contributed by atoms with Crippen molar-refractivity contribution in [3.8, 4) is 11.5 Å². The van der Waals surface area contributed by atoms with Crippen molar-refractivity contribution >= 4 is 50.4 Å². The van der Waals surface area contributed by atoms with Gasteiger partial charge in [-0.25, -0.2) is 0 Å². The van der Waals surface area contributed by atoms with Crippen LogP contribution in [0.4, 0.5) is 0 Å².